The number of benzene rings is 1. The largest absolute Gasteiger partial charge is 0.492 e. The molecule has 3 aromatic rings. The summed E-state index contributed by atoms with van der Waals surface area (Å²) in [4.78, 5) is 10.7. The van der Waals surface area contributed by atoms with Crippen LogP contribution in [-0.4, -0.2) is 63.1 Å². The number of fused-ring (bicyclic) bond motifs is 2. The summed E-state index contributed by atoms with van der Waals surface area (Å²) in [6.07, 6.45) is 4.20. The molecule has 2 aromatic heterocycles. The molecule has 0 radical (unpaired) electrons. The average molecular weight is 441 g/mol. The summed E-state index contributed by atoms with van der Waals surface area (Å²) < 4.78 is 13.6. The van der Waals surface area contributed by atoms with Crippen LogP contribution in [0.2, 0.25) is 5.15 Å². The Kier molecular flexibility index (Phi) is 5.52. The number of hydrogen-bond donors (Lipinski definition) is 1. The Morgan fingerprint density at radius 2 is 2.13 bits per heavy atom. The lowest BCUT2D eigenvalue weighted by Crippen LogP contribution is -2.39. The quantitative estimate of drug-likeness (QED) is 0.564. The summed E-state index contributed by atoms with van der Waals surface area (Å²) in [5.74, 6) is 1.02. The molecule has 31 heavy (non-hydrogen) atoms. The minimum absolute atomic E-state index is 0.129. The number of nitrogens with two attached hydrogens (primary N) is 1. The monoisotopic (exact) mass is 440 g/mol. The summed E-state index contributed by atoms with van der Waals surface area (Å²) in [5, 5.41) is 4.87. The van der Waals surface area contributed by atoms with Gasteiger partial charge in [-0.3, -0.25) is 9.58 Å². The molecular formula is C22H25ClN6O2. The number of aromatic nitrogens is 4. The van der Waals surface area contributed by atoms with Crippen LogP contribution in [0.3, 0.4) is 0 Å². The number of nitrogen functional groups attached to an aromatic ring is 1. The maximum atomic E-state index is 6.19. The van der Waals surface area contributed by atoms with Gasteiger partial charge in [0.15, 0.2) is 0 Å². The van der Waals surface area contributed by atoms with E-state index in [2.05, 4.69) is 26.0 Å². The Morgan fingerprint density at radius 3 is 2.90 bits per heavy atom. The highest BCUT2D eigenvalue weighted by Gasteiger charge is 2.38. The molecule has 162 valence electrons. The van der Waals surface area contributed by atoms with Crippen molar-refractivity contribution in [2.24, 2.45) is 7.05 Å². The van der Waals surface area contributed by atoms with E-state index in [-0.39, 0.29) is 5.95 Å². The van der Waals surface area contributed by atoms with Crippen molar-refractivity contribution in [2.45, 2.75) is 25.0 Å². The van der Waals surface area contributed by atoms with Crippen LogP contribution in [0.5, 0.6) is 5.75 Å². The van der Waals surface area contributed by atoms with Gasteiger partial charge in [0.25, 0.3) is 0 Å². The number of hydrogen-bond acceptors (Lipinski definition) is 7. The number of nitrogens with zero attached hydrogens (tertiary/aromatic N) is 5. The molecule has 5 rings (SSSR count). The second-order valence-corrected chi connectivity index (χ2v) is 8.47. The lowest BCUT2D eigenvalue weighted by Gasteiger charge is -2.26. The molecule has 2 saturated heterocycles. The highest BCUT2D eigenvalue weighted by atomic mass is 35.5. The van der Waals surface area contributed by atoms with Gasteiger partial charge in [-0.1, -0.05) is 29.8 Å². The number of halogens is 1. The van der Waals surface area contributed by atoms with Crippen molar-refractivity contribution in [3.05, 3.63) is 52.8 Å². The highest BCUT2D eigenvalue weighted by Crippen LogP contribution is 2.29. The van der Waals surface area contributed by atoms with Gasteiger partial charge in [-0.25, -0.2) is 9.97 Å². The molecule has 2 fully saturated rings. The number of ether oxygens (including phenoxy) is 2. The summed E-state index contributed by atoms with van der Waals surface area (Å²) in [7, 11) is 1.88. The zero-order valence-electron chi connectivity index (χ0n) is 17.4. The molecule has 2 aliphatic heterocycles. The number of morpholine rings is 1. The fourth-order valence-corrected chi connectivity index (χ4v) is 4.65. The van der Waals surface area contributed by atoms with Crippen LogP contribution in [-0.2, 0) is 18.2 Å². The van der Waals surface area contributed by atoms with E-state index in [9.17, 15) is 0 Å². The van der Waals surface area contributed by atoms with Crippen molar-refractivity contribution < 1.29 is 9.47 Å². The van der Waals surface area contributed by atoms with Crippen molar-refractivity contribution in [1.82, 2.24) is 24.6 Å². The van der Waals surface area contributed by atoms with E-state index in [0.29, 0.717) is 36.0 Å². The first-order valence-corrected chi connectivity index (χ1v) is 10.8. The van der Waals surface area contributed by atoms with Gasteiger partial charge in [0.2, 0.25) is 5.95 Å². The molecule has 0 saturated carbocycles. The lowest BCUT2D eigenvalue weighted by molar-refractivity contribution is 0.0257. The Hall–Kier alpha value is -2.68. The smallest absolute Gasteiger partial charge is 0.222 e. The maximum absolute atomic E-state index is 6.19. The van der Waals surface area contributed by atoms with Crippen LogP contribution < -0.4 is 10.5 Å². The number of para-hydroxylation sites is 1. The summed E-state index contributed by atoms with van der Waals surface area (Å²) in [6.45, 7) is 3.43. The third-order valence-corrected chi connectivity index (χ3v) is 6.06. The Labute approximate surface area is 185 Å². The lowest BCUT2D eigenvalue weighted by atomic mass is 10.0. The van der Waals surface area contributed by atoms with Gasteiger partial charge in [-0.05, 0) is 18.1 Å². The number of likely N-dealkylation sites (tertiary alicyclic amines) is 1. The van der Waals surface area contributed by atoms with E-state index in [1.165, 1.54) is 0 Å². The molecule has 9 heteroatoms. The van der Waals surface area contributed by atoms with E-state index in [4.69, 9.17) is 26.8 Å². The first-order chi connectivity index (χ1) is 15.0. The predicted octanol–water partition coefficient (Wildman–Crippen LogP) is 2.56. The van der Waals surface area contributed by atoms with Crippen LogP contribution in [0.25, 0.3) is 11.4 Å². The van der Waals surface area contributed by atoms with Crippen LogP contribution in [0, 0.1) is 0 Å². The molecule has 2 bridgehead atoms. The van der Waals surface area contributed by atoms with Crippen molar-refractivity contribution in [2.75, 3.05) is 32.0 Å². The average Bonchev–Trinajstić information content (AvgIpc) is 3.44. The number of rotatable bonds is 7. The molecular weight excluding hydrogens is 416 g/mol. The van der Waals surface area contributed by atoms with E-state index in [1.807, 2.05) is 31.4 Å². The van der Waals surface area contributed by atoms with Gasteiger partial charge in [0.1, 0.15) is 23.2 Å². The third-order valence-electron chi connectivity index (χ3n) is 5.86. The topological polar surface area (TPSA) is 91.3 Å². The van der Waals surface area contributed by atoms with E-state index >= 15 is 0 Å². The third kappa shape index (κ3) is 4.37. The zero-order chi connectivity index (χ0) is 21.4. The first kappa shape index (κ1) is 20.2. The molecule has 0 aliphatic carbocycles. The summed E-state index contributed by atoms with van der Waals surface area (Å²) in [5.41, 5.74) is 9.24. The SMILES string of the molecule is Cn1cc(Cc2ccccc2OCCN2C[C@@H]3C[C@H]2CO3)c(-c2cc(Cl)nc(N)n2)n1. The van der Waals surface area contributed by atoms with E-state index < -0.39 is 0 Å². The van der Waals surface area contributed by atoms with Crippen molar-refractivity contribution >= 4 is 17.5 Å². The molecule has 0 amide bonds. The second-order valence-electron chi connectivity index (χ2n) is 8.08. The fraction of sp³-hybridized carbons (Fsp3) is 0.409. The van der Waals surface area contributed by atoms with Gasteiger partial charge >= 0.3 is 0 Å². The van der Waals surface area contributed by atoms with Crippen LogP contribution in [0.15, 0.2) is 36.5 Å². The standard InChI is InChI=1S/C22H25ClN6O2/c1-28-11-15(21(27-28)18-10-20(23)26-22(24)25-18)8-14-4-2-3-5-19(14)30-7-6-29-12-17-9-16(29)13-31-17/h2-5,10-11,16-17H,6-9,12-13H2,1H3,(H2,24,25,26)/t16-,17-/m0/s1. The second kappa shape index (κ2) is 8.45. The fourth-order valence-electron chi connectivity index (χ4n) is 4.46. The minimum Gasteiger partial charge on any atom is -0.492 e. The van der Waals surface area contributed by atoms with Crippen LogP contribution in [0.1, 0.15) is 17.5 Å². The Bertz CT molecular complexity index is 1070. The number of anilines is 1. The van der Waals surface area contributed by atoms with Gasteiger partial charge < -0.3 is 15.2 Å². The highest BCUT2D eigenvalue weighted by molar-refractivity contribution is 6.29. The molecule has 8 nitrogen and oxygen atoms in total. The van der Waals surface area contributed by atoms with Crippen molar-refractivity contribution in [1.29, 1.82) is 0 Å². The molecule has 2 aliphatic rings. The van der Waals surface area contributed by atoms with Gasteiger partial charge in [-0.15, -0.1) is 0 Å². The molecule has 0 spiro atoms. The molecule has 2 N–H and O–H groups in total. The zero-order valence-corrected chi connectivity index (χ0v) is 18.1. The molecule has 1 aromatic carbocycles. The normalized spacial score (nSPS) is 20.5. The van der Waals surface area contributed by atoms with Gasteiger partial charge in [0, 0.05) is 50.4 Å². The Balaban J connectivity index is 1.32. The van der Waals surface area contributed by atoms with Gasteiger partial charge in [0.05, 0.1) is 18.4 Å². The van der Waals surface area contributed by atoms with Gasteiger partial charge in [-0.2, -0.15) is 5.10 Å². The van der Waals surface area contributed by atoms with Crippen LogP contribution >= 0.6 is 11.6 Å². The minimum atomic E-state index is 0.129. The number of aryl methyl sites for hydroxylation is 1. The molecule has 4 heterocycles. The maximum Gasteiger partial charge on any atom is 0.222 e. The first-order valence-electron chi connectivity index (χ1n) is 10.4. The summed E-state index contributed by atoms with van der Waals surface area (Å²) in [6, 6.07) is 10.4. The summed E-state index contributed by atoms with van der Waals surface area (Å²) >= 11 is 6.08. The van der Waals surface area contributed by atoms with Crippen molar-refractivity contribution in [3.63, 3.8) is 0 Å². The molecule has 0 unspecified atom stereocenters. The van der Waals surface area contributed by atoms with Crippen molar-refractivity contribution in [3.8, 4) is 17.1 Å². The Morgan fingerprint density at radius 1 is 1.26 bits per heavy atom. The van der Waals surface area contributed by atoms with E-state index in [0.717, 1.165) is 48.7 Å². The predicted molar refractivity (Wildman–Crippen MR) is 118 cm³/mol. The van der Waals surface area contributed by atoms with Crippen LogP contribution in [0.4, 0.5) is 5.95 Å². The molecule has 2 atom stereocenters. The van der Waals surface area contributed by atoms with E-state index in [1.54, 1.807) is 10.7 Å².